The second-order valence-electron chi connectivity index (χ2n) is 6.96. The van der Waals surface area contributed by atoms with E-state index >= 15 is 0 Å². The van der Waals surface area contributed by atoms with Gasteiger partial charge in [-0.2, -0.15) is 0 Å². The molecule has 0 radical (unpaired) electrons. The topological polar surface area (TPSA) is 49.3 Å². The maximum Gasteiger partial charge on any atom is 0.222 e. The van der Waals surface area contributed by atoms with Crippen LogP contribution in [0, 0.1) is 0 Å². The molecule has 2 aromatic heterocycles. The van der Waals surface area contributed by atoms with Gasteiger partial charge in [0, 0.05) is 32.6 Å². The van der Waals surface area contributed by atoms with Gasteiger partial charge in [-0.3, -0.25) is 4.79 Å². The maximum absolute atomic E-state index is 12.5. The van der Waals surface area contributed by atoms with Crippen LogP contribution < -0.4 is 4.90 Å². The van der Waals surface area contributed by atoms with E-state index in [4.69, 9.17) is 0 Å². The van der Waals surface area contributed by atoms with Gasteiger partial charge in [-0.1, -0.05) is 36.4 Å². The lowest BCUT2D eigenvalue weighted by atomic mass is 10.1. The van der Waals surface area contributed by atoms with Crippen LogP contribution in [0.4, 0.5) is 5.82 Å². The summed E-state index contributed by atoms with van der Waals surface area (Å²) in [5, 5.41) is 10.8. The molecule has 28 heavy (non-hydrogen) atoms. The Morgan fingerprint density at radius 2 is 1.75 bits per heavy atom. The first-order chi connectivity index (χ1) is 13.8. The third kappa shape index (κ3) is 4.57. The number of hydrogen-bond acceptors (Lipinski definition) is 5. The van der Waals surface area contributed by atoms with Crippen molar-refractivity contribution in [3.8, 4) is 10.6 Å². The predicted molar refractivity (Wildman–Crippen MR) is 114 cm³/mol. The zero-order valence-corrected chi connectivity index (χ0v) is 16.6. The molecule has 0 spiro atoms. The number of carbonyl (C=O) groups excluding carboxylic acids is 1. The van der Waals surface area contributed by atoms with Gasteiger partial charge in [0.25, 0.3) is 0 Å². The smallest absolute Gasteiger partial charge is 0.222 e. The van der Waals surface area contributed by atoms with Crippen molar-refractivity contribution in [3.05, 3.63) is 65.5 Å². The van der Waals surface area contributed by atoms with E-state index in [0.717, 1.165) is 55.4 Å². The summed E-state index contributed by atoms with van der Waals surface area (Å²) in [5.41, 5.74) is 2.20. The minimum absolute atomic E-state index is 0.259. The van der Waals surface area contributed by atoms with Crippen LogP contribution in [-0.4, -0.2) is 47.2 Å². The van der Waals surface area contributed by atoms with Gasteiger partial charge in [-0.25, -0.2) is 0 Å². The van der Waals surface area contributed by atoms with Gasteiger partial charge < -0.3 is 9.80 Å². The predicted octanol–water partition coefficient (Wildman–Crippen LogP) is 3.88. The molecular weight excluding hydrogens is 368 g/mol. The molecule has 6 heteroatoms. The van der Waals surface area contributed by atoms with Gasteiger partial charge in [-0.15, -0.1) is 21.5 Å². The van der Waals surface area contributed by atoms with Gasteiger partial charge in [0.05, 0.1) is 4.88 Å². The fraction of sp³-hybridized carbons (Fsp3) is 0.318. The molecule has 3 heterocycles. The molecule has 0 aliphatic carbocycles. The van der Waals surface area contributed by atoms with E-state index in [9.17, 15) is 4.79 Å². The Morgan fingerprint density at radius 1 is 0.929 bits per heavy atom. The lowest BCUT2D eigenvalue weighted by Crippen LogP contribution is -2.49. The second-order valence-corrected chi connectivity index (χ2v) is 7.91. The fourth-order valence-corrected chi connectivity index (χ4v) is 4.17. The third-order valence-electron chi connectivity index (χ3n) is 5.08. The Bertz CT molecular complexity index is 873. The minimum atomic E-state index is 0.259. The van der Waals surface area contributed by atoms with E-state index in [-0.39, 0.29) is 5.91 Å². The molecule has 0 N–H and O–H groups in total. The van der Waals surface area contributed by atoms with Crippen LogP contribution in [0.15, 0.2) is 60.0 Å². The van der Waals surface area contributed by atoms with Crippen molar-refractivity contribution < 1.29 is 4.79 Å². The Balaban J connectivity index is 1.24. The summed E-state index contributed by atoms with van der Waals surface area (Å²) in [6.07, 6.45) is 2.47. The molecule has 144 valence electrons. The monoisotopic (exact) mass is 392 g/mol. The molecule has 0 bridgehead atoms. The number of amides is 1. The minimum Gasteiger partial charge on any atom is -0.352 e. The number of benzene rings is 1. The van der Waals surface area contributed by atoms with Gasteiger partial charge in [0.1, 0.15) is 5.69 Å². The summed E-state index contributed by atoms with van der Waals surface area (Å²) in [7, 11) is 0. The third-order valence-corrected chi connectivity index (χ3v) is 5.97. The molecule has 0 unspecified atom stereocenters. The lowest BCUT2D eigenvalue weighted by molar-refractivity contribution is -0.131. The first-order valence-corrected chi connectivity index (χ1v) is 10.6. The van der Waals surface area contributed by atoms with E-state index < -0.39 is 0 Å². The number of hydrogen-bond donors (Lipinski definition) is 0. The molecule has 1 amide bonds. The van der Waals surface area contributed by atoms with E-state index in [1.54, 1.807) is 11.3 Å². The summed E-state index contributed by atoms with van der Waals surface area (Å²) < 4.78 is 0. The quantitative estimate of drug-likeness (QED) is 0.639. The highest BCUT2D eigenvalue weighted by atomic mass is 32.1. The fourth-order valence-electron chi connectivity index (χ4n) is 3.48. The zero-order chi connectivity index (χ0) is 19.2. The van der Waals surface area contributed by atoms with E-state index in [1.807, 2.05) is 46.7 Å². The number of aryl methyl sites for hydroxylation is 1. The number of anilines is 1. The normalized spacial score (nSPS) is 14.3. The first kappa shape index (κ1) is 18.6. The van der Waals surface area contributed by atoms with E-state index in [0.29, 0.717) is 6.42 Å². The molecule has 1 saturated heterocycles. The SMILES string of the molecule is O=C(CCCc1ccccc1)N1CCN(c2ccc(-c3cccs3)nn2)CC1. The molecule has 0 saturated carbocycles. The summed E-state index contributed by atoms with van der Waals surface area (Å²) in [6, 6.07) is 18.5. The largest absolute Gasteiger partial charge is 0.352 e. The molecule has 1 aromatic carbocycles. The Morgan fingerprint density at radius 3 is 2.43 bits per heavy atom. The highest BCUT2D eigenvalue weighted by Crippen LogP contribution is 2.23. The van der Waals surface area contributed by atoms with Crippen molar-refractivity contribution in [2.75, 3.05) is 31.1 Å². The molecule has 1 aliphatic heterocycles. The Labute approximate surface area is 169 Å². The molecule has 0 atom stereocenters. The van der Waals surface area contributed by atoms with Gasteiger partial charge in [-0.05, 0) is 42.0 Å². The number of aromatic nitrogens is 2. The van der Waals surface area contributed by atoms with Crippen molar-refractivity contribution in [2.45, 2.75) is 19.3 Å². The number of piperazine rings is 1. The average molecular weight is 393 g/mol. The van der Waals surface area contributed by atoms with Gasteiger partial charge in [0.2, 0.25) is 5.91 Å². The van der Waals surface area contributed by atoms with Crippen LogP contribution in [0.3, 0.4) is 0 Å². The Hall–Kier alpha value is -2.73. The zero-order valence-electron chi connectivity index (χ0n) is 15.8. The molecule has 5 nitrogen and oxygen atoms in total. The van der Waals surface area contributed by atoms with Crippen molar-refractivity contribution in [1.29, 1.82) is 0 Å². The van der Waals surface area contributed by atoms with E-state index in [1.165, 1.54) is 5.56 Å². The summed E-state index contributed by atoms with van der Waals surface area (Å²) in [6.45, 7) is 3.10. The maximum atomic E-state index is 12.5. The second kappa shape index (κ2) is 8.97. The lowest BCUT2D eigenvalue weighted by Gasteiger charge is -2.35. The summed E-state index contributed by atoms with van der Waals surface area (Å²) in [4.78, 5) is 17.8. The molecule has 3 aromatic rings. The highest BCUT2D eigenvalue weighted by Gasteiger charge is 2.21. The van der Waals surface area contributed by atoms with Crippen molar-refractivity contribution in [1.82, 2.24) is 15.1 Å². The number of thiophene rings is 1. The highest BCUT2D eigenvalue weighted by molar-refractivity contribution is 7.13. The first-order valence-electron chi connectivity index (χ1n) is 9.74. The van der Waals surface area contributed by atoms with Crippen LogP contribution in [0.5, 0.6) is 0 Å². The van der Waals surface area contributed by atoms with Crippen LogP contribution in [0.1, 0.15) is 18.4 Å². The standard InChI is InChI=1S/C22H24N4OS/c27-22(10-4-8-18-6-2-1-3-7-18)26-15-13-25(14-16-26)21-12-11-19(23-24-21)20-9-5-17-28-20/h1-3,5-7,9,11-12,17H,4,8,10,13-16H2. The molecule has 4 rings (SSSR count). The number of rotatable bonds is 6. The van der Waals surface area contributed by atoms with Gasteiger partial charge >= 0.3 is 0 Å². The Kier molecular flexibility index (Phi) is 5.97. The average Bonchev–Trinajstić information content (AvgIpc) is 3.30. The van der Waals surface area contributed by atoms with Crippen molar-refractivity contribution in [3.63, 3.8) is 0 Å². The van der Waals surface area contributed by atoms with Crippen molar-refractivity contribution in [2.24, 2.45) is 0 Å². The number of nitrogens with zero attached hydrogens (tertiary/aromatic N) is 4. The molecule has 1 fully saturated rings. The van der Waals surface area contributed by atoms with E-state index in [2.05, 4.69) is 33.3 Å². The molecule has 1 aliphatic rings. The van der Waals surface area contributed by atoms with Crippen LogP contribution in [0.25, 0.3) is 10.6 Å². The number of carbonyl (C=O) groups is 1. The van der Waals surface area contributed by atoms with Crippen LogP contribution in [0.2, 0.25) is 0 Å². The molecular formula is C22H24N4OS. The van der Waals surface area contributed by atoms with Crippen molar-refractivity contribution >= 4 is 23.1 Å². The summed E-state index contributed by atoms with van der Waals surface area (Å²) >= 11 is 1.67. The summed E-state index contributed by atoms with van der Waals surface area (Å²) in [5.74, 6) is 1.14. The van der Waals surface area contributed by atoms with Crippen LogP contribution in [-0.2, 0) is 11.2 Å². The van der Waals surface area contributed by atoms with Crippen LogP contribution >= 0.6 is 11.3 Å². The van der Waals surface area contributed by atoms with Gasteiger partial charge in [0.15, 0.2) is 5.82 Å².